The Morgan fingerprint density at radius 1 is 1.42 bits per heavy atom. The van der Waals surface area contributed by atoms with Crippen LogP contribution in [0.15, 0.2) is 21.2 Å². The number of hydrogen-bond acceptors (Lipinski definition) is 5. The molecule has 0 aliphatic rings. The van der Waals surface area contributed by atoms with Crippen LogP contribution in [0.1, 0.15) is 12.6 Å². The molecule has 0 unspecified atom stereocenters. The normalized spacial score (nSPS) is 10.7. The number of rotatable bonds is 5. The Hall–Kier alpha value is -0.670. The van der Waals surface area contributed by atoms with Crippen molar-refractivity contribution in [3.63, 3.8) is 0 Å². The van der Waals surface area contributed by atoms with Crippen molar-refractivity contribution in [3.05, 3.63) is 26.1 Å². The molecule has 2 rings (SSSR count). The minimum Gasteiger partial charge on any atom is -0.446 e. The minimum absolute atomic E-state index is 0.439. The largest absolute Gasteiger partial charge is 0.446 e. The van der Waals surface area contributed by atoms with Crippen LogP contribution >= 0.6 is 38.5 Å². The summed E-state index contributed by atoms with van der Waals surface area (Å²) in [5.41, 5.74) is 0.844. The molecule has 0 atom stereocenters. The molecule has 102 valence electrons. The Labute approximate surface area is 133 Å². The van der Waals surface area contributed by atoms with Crippen LogP contribution in [0.5, 0.6) is 0 Å². The van der Waals surface area contributed by atoms with Gasteiger partial charge >= 0.3 is 0 Å². The Bertz CT molecular complexity index is 547. The summed E-state index contributed by atoms with van der Waals surface area (Å²) in [6, 6.07) is 3.65. The average Bonchev–Trinajstić information content (AvgIpc) is 2.81. The number of nitrogens with zero attached hydrogens (tertiary/aromatic N) is 2. The summed E-state index contributed by atoms with van der Waals surface area (Å²) < 4.78 is 12.3. The lowest BCUT2D eigenvalue weighted by atomic mass is 10.3. The van der Waals surface area contributed by atoms with Gasteiger partial charge in [-0.3, -0.25) is 0 Å². The van der Waals surface area contributed by atoms with Gasteiger partial charge in [0.25, 0.3) is 0 Å². The molecule has 7 heteroatoms. The van der Waals surface area contributed by atoms with Gasteiger partial charge in [0.05, 0.1) is 15.9 Å². The lowest BCUT2D eigenvalue weighted by Crippen LogP contribution is -2.08. The van der Waals surface area contributed by atoms with Gasteiger partial charge in [0.2, 0.25) is 0 Å². The van der Waals surface area contributed by atoms with Gasteiger partial charge in [-0.2, -0.15) is 0 Å². The van der Waals surface area contributed by atoms with Crippen LogP contribution in [0.4, 0.5) is 5.82 Å². The predicted molar refractivity (Wildman–Crippen MR) is 85.0 cm³/mol. The maximum atomic E-state index is 5.50. The van der Waals surface area contributed by atoms with Crippen LogP contribution in [-0.4, -0.2) is 23.6 Å². The molecule has 2 aromatic heterocycles. The van der Waals surface area contributed by atoms with E-state index in [0.29, 0.717) is 22.9 Å². The zero-order chi connectivity index (χ0) is 13.8. The molecule has 2 heterocycles. The first-order valence-electron chi connectivity index (χ1n) is 5.70. The Kier molecular flexibility index (Phi) is 5.17. The highest BCUT2D eigenvalue weighted by Gasteiger charge is 2.15. The maximum absolute atomic E-state index is 5.50. The van der Waals surface area contributed by atoms with Gasteiger partial charge in [-0.25, -0.2) is 9.97 Å². The smallest absolute Gasteiger partial charge is 0.198 e. The SMILES string of the molecule is CCNc1nc(-c2ccc(Br)o2)nc(COC)c1I. The van der Waals surface area contributed by atoms with Crippen molar-refractivity contribution in [1.82, 2.24) is 9.97 Å². The molecule has 0 spiro atoms. The van der Waals surface area contributed by atoms with E-state index in [2.05, 4.69) is 53.8 Å². The van der Waals surface area contributed by atoms with Gasteiger partial charge in [0.15, 0.2) is 16.3 Å². The van der Waals surface area contributed by atoms with Crippen molar-refractivity contribution in [2.24, 2.45) is 0 Å². The summed E-state index contributed by atoms with van der Waals surface area (Å²) in [5, 5.41) is 3.22. The van der Waals surface area contributed by atoms with Gasteiger partial charge in [-0.15, -0.1) is 0 Å². The first-order chi connectivity index (χ1) is 9.15. The first-order valence-corrected chi connectivity index (χ1v) is 7.57. The third kappa shape index (κ3) is 3.46. The highest BCUT2D eigenvalue weighted by Crippen LogP contribution is 2.27. The molecule has 0 amide bonds. The molecule has 0 aromatic carbocycles. The Morgan fingerprint density at radius 2 is 2.21 bits per heavy atom. The highest BCUT2D eigenvalue weighted by molar-refractivity contribution is 14.1. The van der Waals surface area contributed by atoms with Crippen LogP contribution in [0.3, 0.4) is 0 Å². The van der Waals surface area contributed by atoms with E-state index in [1.165, 1.54) is 0 Å². The monoisotopic (exact) mass is 437 g/mol. The van der Waals surface area contributed by atoms with E-state index in [0.717, 1.165) is 21.6 Å². The fourth-order valence-electron chi connectivity index (χ4n) is 1.56. The Morgan fingerprint density at radius 3 is 2.79 bits per heavy atom. The van der Waals surface area contributed by atoms with Gasteiger partial charge in [-0.1, -0.05) is 0 Å². The summed E-state index contributed by atoms with van der Waals surface area (Å²) >= 11 is 5.50. The van der Waals surface area contributed by atoms with Gasteiger partial charge < -0.3 is 14.5 Å². The number of nitrogens with one attached hydrogen (secondary N) is 1. The van der Waals surface area contributed by atoms with E-state index < -0.39 is 0 Å². The second-order valence-corrected chi connectivity index (χ2v) is 5.58. The van der Waals surface area contributed by atoms with Crippen LogP contribution in [-0.2, 0) is 11.3 Å². The summed E-state index contributed by atoms with van der Waals surface area (Å²) in [6.07, 6.45) is 0. The zero-order valence-corrected chi connectivity index (χ0v) is 14.3. The molecule has 0 saturated heterocycles. The average molecular weight is 438 g/mol. The molecule has 1 N–H and O–H groups in total. The van der Waals surface area contributed by atoms with E-state index in [1.54, 1.807) is 7.11 Å². The second kappa shape index (κ2) is 6.67. The minimum atomic E-state index is 0.439. The van der Waals surface area contributed by atoms with Gasteiger partial charge in [0.1, 0.15) is 5.82 Å². The van der Waals surface area contributed by atoms with Crippen molar-refractivity contribution >= 4 is 44.3 Å². The third-order valence-corrected chi connectivity index (χ3v) is 3.90. The molecule has 0 aliphatic carbocycles. The number of hydrogen-bond donors (Lipinski definition) is 1. The maximum Gasteiger partial charge on any atom is 0.198 e. The number of halogens is 2. The first kappa shape index (κ1) is 14.7. The molecular weight excluding hydrogens is 425 g/mol. The quantitative estimate of drug-likeness (QED) is 0.723. The van der Waals surface area contributed by atoms with Crippen molar-refractivity contribution < 1.29 is 9.15 Å². The molecule has 2 aromatic rings. The molecular formula is C12H13BrIN3O2. The molecule has 0 saturated carbocycles. The summed E-state index contributed by atoms with van der Waals surface area (Å²) in [5.74, 6) is 1.97. The topological polar surface area (TPSA) is 60.2 Å². The number of aromatic nitrogens is 2. The van der Waals surface area contributed by atoms with Gasteiger partial charge in [0, 0.05) is 13.7 Å². The van der Waals surface area contributed by atoms with Crippen LogP contribution in [0.25, 0.3) is 11.6 Å². The lowest BCUT2D eigenvalue weighted by molar-refractivity contribution is 0.181. The van der Waals surface area contributed by atoms with E-state index in [1.807, 2.05) is 19.1 Å². The predicted octanol–water partition coefficient (Wildman–Crippen LogP) is 3.68. The second-order valence-electron chi connectivity index (χ2n) is 3.72. The molecule has 0 radical (unpaired) electrons. The van der Waals surface area contributed by atoms with E-state index in [-0.39, 0.29) is 0 Å². The molecule has 5 nitrogen and oxygen atoms in total. The van der Waals surface area contributed by atoms with Crippen LogP contribution in [0.2, 0.25) is 0 Å². The molecule has 0 fully saturated rings. The van der Waals surface area contributed by atoms with Crippen molar-refractivity contribution in [2.45, 2.75) is 13.5 Å². The third-order valence-electron chi connectivity index (χ3n) is 2.34. The summed E-state index contributed by atoms with van der Waals surface area (Å²) in [6.45, 7) is 3.26. The van der Waals surface area contributed by atoms with E-state index in [9.17, 15) is 0 Å². The fourth-order valence-corrected chi connectivity index (χ4v) is 2.45. The van der Waals surface area contributed by atoms with Crippen molar-refractivity contribution in [3.8, 4) is 11.6 Å². The zero-order valence-electron chi connectivity index (χ0n) is 10.5. The number of anilines is 1. The lowest BCUT2D eigenvalue weighted by Gasteiger charge is -2.10. The van der Waals surface area contributed by atoms with Crippen molar-refractivity contribution in [2.75, 3.05) is 19.0 Å². The van der Waals surface area contributed by atoms with Crippen LogP contribution < -0.4 is 5.32 Å². The van der Waals surface area contributed by atoms with Crippen LogP contribution in [0, 0.1) is 3.57 Å². The highest BCUT2D eigenvalue weighted by atomic mass is 127. The summed E-state index contributed by atoms with van der Waals surface area (Å²) in [7, 11) is 1.65. The van der Waals surface area contributed by atoms with Gasteiger partial charge in [-0.05, 0) is 57.6 Å². The van der Waals surface area contributed by atoms with E-state index in [4.69, 9.17) is 9.15 Å². The number of methoxy groups -OCH3 is 1. The molecule has 19 heavy (non-hydrogen) atoms. The fraction of sp³-hybridized carbons (Fsp3) is 0.333. The number of ether oxygens (including phenoxy) is 1. The standard InChI is InChI=1S/C12H13BrIN3O2/c1-3-15-12-10(14)7(6-18-2)16-11(17-12)8-4-5-9(13)19-8/h4-5H,3,6H2,1-2H3,(H,15,16,17). The summed E-state index contributed by atoms with van der Waals surface area (Å²) in [4.78, 5) is 8.98. The molecule has 0 bridgehead atoms. The number of furan rings is 1. The molecule has 0 aliphatic heterocycles. The van der Waals surface area contributed by atoms with E-state index >= 15 is 0 Å². The Balaban J connectivity index is 2.48. The van der Waals surface area contributed by atoms with Crippen molar-refractivity contribution in [1.29, 1.82) is 0 Å².